The van der Waals surface area contributed by atoms with E-state index in [1.165, 1.54) is 48.5 Å². The van der Waals surface area contributed by atoms with Crippen LogP contribution >= 0.6 is 0 Å². The fourth-order valence-corrected chi connectivity index (χ4v) is 5.36. The second-order valence-electron chi connectivity index (χ2n) is 6.89. The second-order valence-corrected chi connectivity index (χ2v) is 10.5. The number of nitrogens with one attached hydrogen (secondary N) is 1. The summed E-state index contributed by atoms with van der Waals surface area (Å²) in [5, 5.41) is 0.341. The molecule has 0 saturated heterocycles. The van der Waals surface area contributed by atoms with Gasteiger partial charge in [-0.1, -0.05) is 35.9 Å². The summed E-state index contributed by atoms with van der Waals surface area (Å²) in [5.74, 6) is 0. The standard InChI is InChI=1S/C22H17NO6S2/c1-15-7-11-18(12-8-15)30(25,26)21-13-16-9-10-17(14-20(16)29-22(21)24)23-31(27,28)19-5-3-2-4-6-19/h2-14,23H,1H3. The van der Waals surface area contributed by atoms with Crippen LogP contribution in [-0.2, 0) is 19.9 Å². The molecule has 0 atom stereocenters. The van der Waals surface area contributed by atoms with Crippen LogP contribution in [0.25, 0.3) is 11.0 Å². The Labute approximate surface area is 178 Å². The zero-order chi connectivity index (χ0) is 22.2. The normalized spacial score (nSPS) is 12.0. The van der Waals surface area contributed by atoms with Gasteiger partial charge in [-0.2, -0.15) is 0 Å². The molecule has 0 unspecified atom stereocenters. The largest absolute Gasteiger partial charge is 0.422 e. The van der Waals surface area contributed by atoms with E-state index >= 15 is 0 Å². The molecule has 7 nitrogen and oxygen atoms in total. The highest BCUT2D eigenvalue weighted by Gasteiger charge is 2.23. The third kappa shape index (κ3) is 4.10. The average Bonchev–Trinajstić information content (AvgIpc) is 2.74. The molecule has 0 bridgehead atoms. The van der Waals surface area contributed by atoms with Crippen LogP contribution in [0.4, 0.5) is 5.69 Å². The van der Waals surface area contributed by atoms with Crippen LogP contribution in [0.3, 0.4) is 0 Å². The van der Waals surface area contributed by atoms with Crippen LogP contribution in [0.5, 0.6) is 0 Å². The first-order valence-electron chi connectivity index (χ1n) is 9.14. The summed E-state index contributed by atoms with van der Waals surface area (Å²) in [6.45, 7) is 1.82. The maximum Gasteiger partial charge on any atom is 0.355 e. The molecule has 3 aromatic carbocycles. The quantitative estimate of drug-likeness (QED) is 0.459. The first-order chi connectivity index (χ1) is 14.7. The minimum Gasteiger partial charge on any atom is -0.422 e. The van der Waals surface area contributed by atoms with Crippen molar-refractivity contribution in [1.29, 1.82) is 0 Å². The Bertz CT molecular complexity index is 1540. The molecule has 4 rings (SSSR count). The molecule has 0 aliphatic rings. The van der Waals surface area contributed by atoms with Gasteiger partial charge >= 0.3 is 5.63 Å². The molecule has 158 valence electrons. The van der Waals surface area contributed by atoms with Crippen LogP contribution in [0.2, 0.25) is 0 Å². The molecule has 0 amide bonds. The third-order valence-corrected chi connectivity index (χ3v) is 7.78. The van der Waals surface area contributed by atoms with Gasteiger partial charge < -0.3 is 4.42 Å². The minimum absolute atomic E-state index is 0.0167. The average molecular weight is 456 g/mol. The molecule has 4 aromatic rings. The van der Waals surface area contributed by atoms with Gasteiger partial charge in [0.25, 0.3) is 10.0 Å². The van der Waals surface area contributed by atoms with Crippen molar-refractivity contribution in [2.75, 3.05) is 4.72 Å². The van der Waals surface area contributed by atoms with Gasteiger partial charge in [0.05, 0.1) is 15.5 Å². The highest BCUT2D eigenvalue weighted by atomic mass is 32.2. The Hall–Kier alpha value is -3.43. The Morgan fingerprint density at radius 1 is 0.774 bits per heavy atom. The van der Waals surface area contributed by atoms with Crippen molar-refractivity contribution in [2.45, 2.75) is 21.6 Å². The van der Waals surface area contributed by atoms with E-state index in [2.05, 4.69) is 4.72 Å². The van der Waals surface area contributed by atoms with E-state index in [4.69, 9.17) is 4.42 Å². The number of rotatable bonds is 5. The number of benzene rings is 3. The summed E-state index contributed by atoms with van der Waals surface area (Å²) in [6.07, 6.45) is 0. The SMILES string of the molecule is Cc1ccc(S(=O)(=O)c2cc3ccc(NS(=O)(=O)c4ccccc4)cc3oc2=O)cc1. The summed E-state index contributed by atoms with van der Waals surface area (Å²) in [7, 11) is -7.90. The highest BCUT2D eigenvalue weighted by molar-refractivity contribution is 7.92. The van der Waals surface area contributed by atoms with Crippen molar-refractivity contribution in [2.24, 2.45) is 0 Å². The number of fused-ring (bicyclic) bond motifs is 1. The van der Waals surface area contributed by atoms with E-state index in [0.29, 0.717) is 5.39 Å². The lowest BCUT2D eigenvalue weighted by atomic mass is 10.2. The Morgan fingerprint density at radius 2 is 1.45 bits per heavy atom. The van der Waals surface area contributed by atoms with Gasteiger partial charge in [-0.15, -0.1) is 0 Å². The van der Waals surface area contributed by atoms with Crippen molar-refractivity contribution < 1.29 is 21.3 Å². The van der Waals surface area contributed by atoms with E-state index in [1.807, 2.05) is 6.92 Å². The van der Waals surface area contributed by atoms with Crippen LogP contribution in [0.15, 0.2) is 103 Å². The fraction of sp³-hybridized carbons (Fsp3) is 0.0455. The number of anilines is 1. The van der Waals surface area contributed by atoms with Gasteiger partial charge in [-0.05, 0) is 49.4 Å². The van der Waals surface area contributed by atoms with Crippen molar-refractivity contribution in [1.82, 2.24) is 0 Å². The molecule has 1 aromatic heterocycles. The molecule has 0 aliphatic heterocycles. The first kappa shape index (κ1) is 20.8. The van der Waals surface area contributed by atoms with Gasteiger partial charge in [0.15, 0.2) is 4.90 Å². The molecule has 0 aliphatic carbocycles. The molecule has 0 spiro atoms. The molecule has 1 heterocycles. The smallest absolute Gasteiger partial charge is 0.355 e. The number of sulfone groups is 1. The maximum absolute atomic E-state index is 12.9. The van der Waals surface area contributed by atoms with Crippen molar-refractivity contribution in [3.8, 4) is 0 Å². The molecule has 9 heteroatoms. The van der Waals surface area contributed by atoms with Gasteiger partial charge in [-0.25, -0.2) is 21.6 Å². The zero-order valence-electron chi connectivity index (χ0n) is 16.3. The summed E-state index contributed by atoms with van der Waals surface area (Å²) >= 11 is 0. The maximum atomic E-state index is 12.9. The highest BCUT2D eigenvalue weighted by Crippen LogP contribution is 2.25. The van der Waals surface area contributed by atoms with Crippen LogP contribution in [-0.4, -0.2) is 16.8 Å². The molecule has 0 radical (unpaired) electrons. The van der Waals surface area contributed by atoms with E-state index in [-0.39, 0.29) is 21.1 Å². The Balaban J connectivity index is 1.73. The van der Waals surface area contributed by atoms with Crippen LogP contribution in [0.1, 0.15) is 5.56 Å². The Kier molecular flexibility index (Phi) is 5.16. The Morgan fingerprint density at radius 3 is 2.13 bits per heavy atom. The van der Waals surface area contributed by atoms with Gasteiger partial charge in [0.2, 0.25) is 9.84 Å². The van der Waals surface area contributed by atoms with Crippen molar-refractivity contribution in [3.05, 3.63) is 94.8 Å². The number of aryl methyl sites for hydroxylation is 1. The summed E-state index contributed by atoms with van der Waals surface area (Å²) < 4.78 is 58.3. The van der Waals surface area contributed by atoms with E-state index in [9.17, 15) is 21.6 Å². The zero-order valence-corrected chi connectivity index (χ0v) is 17.9. The number of sulfonamides is 1. The van der Waals surface area contributed by atoms with E-state index < -0.39 is 30.4 Å². The number of hydrogen-bond acceptors (Lipinski definition) is 6. The molecular formula is C22H17NO6S2. The lowest BCUT2D eigenvalue weighted by Crippen LogP contribution is -2.15. The van der Waals surface area contributed by atoms with E-state index in [0.717, 1.165) is 5.56 Å². The van der Waals surface area contributed by atoms with Crippen LogP contribution in [0, 0.1) is 6.92 Å². The van der Waals surface area contributed by atoms with Gasteiger partial charge in [0, 0.05) is 11.5 Å². The summed E-state index contributed by atoms with van der Waals surface area (Å²) in [6, 6.07) is 19.4. The molecule has 0 saturated carbocycles. The topological polar surface area (TPSA) is 111 Å². The molecule has 0 fully saturated rings. The third-order valence-electron chi connectivity index (χ3n) is 4.63. The van der Waals surface area contributed by atoms with Crippen molar-refractivity contribution in [3.63, 3.8) is 0 Å². The first-order valence-corrected chi connectivity index (χ1v) is 12.1. The van der Waals surface area contributed by atoms with Gasteiger partial charge in [0.1, 0.15) is 5.58 Å². The predicted molar refractivity (Wildman–Crippen MR) is 116 cm³/mol. The monoisotopic (exact) mass is 455 g/mol. The molecule has 31 heavy (non-hydrogen) atoms. The summed E-state index contributed by atoms with van der Waals surface area (Å²) in [5.41, 5.74) is 0.0842. The summed E-state index contributed by atoms with van der Waals surface area (Å²) in [4.78, 5) is 12.0. The predicted octanol–water partition coefficient (Wildman–Crippen LogP) is 3.74. The van der Waals surface area contributed by atoms with Gasteiger partial charge in [-0.3, -0.25) is 4.72 Å². The number of hydrogen-bond donors (Lipinski definition) is 1. The minimum atomic E-state index is -4.07. The molecule has 1 N–H and O–H groups in total. The fourth-order valence-electron chi connectivity index (χ4n) is 3.00. The lowest BCUT2D eigenvalue weighted by Gasteiger charge is -2.09. The second kappa shape index (κ2) is 7.68. The van der Waals surface area contributed by atoms with Crippen molar-refractivity contribution >= 4 is 36.5 Å². The van der Waals surface area contributed by atoms with Crippen LogP contribution < -0.4 is 10.3 Å². The van der Waals surface area contributed by atoms with E-state index in [1.54, 1.807) is 30.3 Å². The lowest BCUT2D eigenvalue weighted by molar-refractivity contribution is 0.532. The molecular weight excluding hydrogens is 438 g/mol.